The number of carbonyl (C=O) groups is 1. The first-order valence-corrected chi connectivity index (χ1v) is 9.71. The minimum atomic E-state index is -3.64. The molecule has 0 unspecified atom stereocenters. The molecule has 26 heavy (non-hydrogen) atoms. The van der Waals surface area contributed by atoms with Crippen LogP contribution >= 0.6 is 11.6 Å². The van der Waals surface area contributed by atoms with Crippen molar-refractivity contribution >= 4 is 33.2 Å². The van der Waals surface area contributed by atoms with Gasteiger partial charge in [-0.2, -0.15) is 0 Å². The summed E-state index contributed by atoms with van der Waals surface area (Å²) in [7, 11) is 3.10. The number of anilines is 1. The highest BCUT2D eigenvalue weighted by Gasteiger charge is 2.20. The fourth-order valence-electron chi connectivity index (χ4n) is 2.27. The molecule has 6 nitrogen and oxygen atoms in total. The SMILES string of the molecule is CN(C)c1cccc(CNC(=O)c2cc(S(=O)(=O)N(C)C)ccc2Cl)c1. The molecule has 2 rings (SSSR count). The number of nitrogens with zero attached hydrogens (tertiary/aromatic N) is 2. The number of benzene rings is 2. The Labute approximate surface area is 159 Å². The first kappa shape index (κ1) is 20.2. The van der Waals surface area contributed by atoms with Crippen LogP contribution in [0.3, 0.4) is 0 Å². The zero-order chi connectivity index (χ0) is 19.5. The minimum absolute atomic E-state index is 0.0201. The molecule has 8 heteroatoms. The molecule has 0 saturated heterocycles. The van der Waals surface area contributed by atoms with Gasteiger partial charge in [0.25, 0.3) is 5.91 Å². The summed E-state index contributed by atoms with van der Waals surface area (Å²) in [5.74, 6) is -0.430. The summed E-state index contributed by atoms with van der Waals surface area (Å²) >= 11 is 6.09. The van der Waals surface area contributed by atoms with E-state index in [-0.39, 0.29) is 15.5 Å². The van der Waals surface area contributed by atoms with E-state index in [4.69, 9.17) is 11.6 Å². The highest BCUT2D eigenvalue weighted by atomic mass is 35.5. The van der Waals surface area contributed by atoms with Crippen molar-refractivity contribution < 1.29 is 13.2 Å². The second-order valence-electron chi connectivity index (χ2n) is 6.18. The van der Waals surface area contributed by atoms with Crippen molar-refractivity contribution in [2.45, 2.75) is 11.4 Å². The topological polar surface area (TPSA) is 69.7 Å². The Balaban J connectivity index is 2.21. The molecule has 0 bridgehead atoms. The Morgan fingerprint density at radius 3 is 2.38 bits per heavy atom. The Morgan fingerprint density at radius 2 is 1.77 bits per heavy atom. The van der Waals surface area contributed by atoms with Gasteiger partial charge < -0.3 is 10.2 Å². The van der Waals surface area contributed by atoms with Crippen molar-refractivity contribution in [2.75, 3.05) is 33.1 Å². The maximum atomic E-state index is 12.5. The molecular weight excluding hydrogens is 374 g/mol. The van der Waals surface area contributed by atoms with Crippen LogP contribution in [0.2, 0.25) is 5.02 Å². The van der Waals surface area contributed by atoms with E-state index >= 15 is 0 Å². The minimum Gasteiger partial charge on any atom is -0.378 e. The molecule has 2 aromatic carbocycles. The summed E-state index contributed by atoms with van der Waals surface area (Å²) in [5.41, 5.74) is 2.07. The Kier molecular flexibility index (Phi) is 6.28. The molecule has 0 aliphatic heterocycles. The maximum absolute atomic E-state index is 12.5. The number of amides is 1. The van der Waals surface area contributed by atoms with Gasteiger partial charge in [0, 0.05) is 40.4 Å². The first-order chi connectivity index (χ1) is 12.1. The van der Waals surface area contributed by atoms with Crippen LogP contribution in [0.4, 0.5) is 5.69 Å². The van der Waals surface area contributed by atoms with Gasteiger partial charge in [-0.1, -0.05) is 23.7 Å². The maximum Gasteiger partial charge on any atom is 0.253 e. The molecule has 0 aromatic heterocycles. The molecule has 0 aliphatic carbocycles. The highest BCUT2D eigenvalue weighted by Crippen LogP contribution is 2.22. The quantitative estimate of drug-likeness (QED) is 0.816. The summed E-state index contributed by atoms with van der Waals surface area (Å²) in [4.78, 5) is 14.5. The van der Waals surface area contributed by atoms with E-state index in [1.165, 1.54) is 32.3 Å². The number of hydrogen-bond donors (Lipinski definition) is 1. The lowest BCUT2D eigenvalue weighted by Gasteiger charge is -2.15. The molecule has 0 spiro atoms. The molecular formula is C18H22ClN3O3S. The van der Waals surface area contributed by atoms with E-state index in [2.05, 4.69) is 5.32 Å². The number of rotatable bonds is 6. The first-order valence-electron chi connectivity index (χ1n) is 7.89. The summed E-state index contributed by atoms with van der Waals surface area (Å²) in [6.07, 6.45) is 0. The Bertz CT molecular complexity index is 912. The predicted octanol–water partition coefficient (Wildman–Crippen LogP) is 2.59. The van der Waals surface area contributed by atoms with Gasteiger partial charge in [0.15, 0.2) is 0 Å². The monoisotopic (exact) mass is 395 g/mol. The Morgan fingerprint density at radius 1 is 1.08 bits per heavy atom. The number of hydrogen-bond acceptors (Lipinski definition) is 4. The predicted molar refractivity (Wildman–Crippen MR) is 104 cm³/mol. The lowest BCUT2D eigenvalue weighted by Crippen LogP contribution is -2.25. The van der Waals surface area contributed by atoms with Crippen molar-refractivity contribution in [1.82, 2.24) is 9.62 Å². The second kappa shape index (κ2) is 8.07. The fraction of sp³-hybridized carbons (Fsp3) is 0.278. The molecule has 0 fully saturated rings. The largest absolute Gasteiger partial charge is 0.378 e. The standard InChI is InChI=1S/C18H22ClN3O3S/c1-21(2)14-7-5-6-13(10-14)12-20-18(23)16-11-15(8-9-17(16)19)26(24,25)22(3)4/h5-11H,12H2,1-4H3,(H,20,23). The van der Waals surface area contributed by atoms with Crippen molar-refractivity contribution in [3.63, 3.8) is 0 Å². The van der Waals surface area contributed by atoms with Crippen LogP contribution < -0.4 is 10.2 Å². The second-order valence-corrected chi connectivity index (χ2v) is 8.74. The fourth-order valence-corrected chi connectivity index (χ4v) is 3.40. The normalized spacial score (nSPS) is 11.5. The number of carbonyl (C=O) groups excluding carboxylic acids is 1. The number of nitrogens with one attached hydrogen (secondary N) is 1. The number of sulfonamides is 1. The van der Waals surface area contributed by atoms with E-state index in [1.54, 1.807) is 0 Å². The molecule has 0 saturated carbocycles. The Hall–Kier alpha value is -2.09. The van der Waals surface area contributed by atoms with Gasteiger partial charge in [0.2, 0.25) is 10.0 Å². The van der Waals surface area contributed by atoms with Crippen LogP contribution in [-0.4, -0.2) is 46.8 Å². The van der Waals surface area contributed by atoms with Gasteiger partial charge in [-0.3, -0.25) is 4.79 Å². The third kappa shape index (κ3) is 4.55. The molecule has 0 radical (unpaired) electrons. The van der Waals surface area contributed by atoms with E-state index in [9.17, 15) is 13.2 Å². The molecule has 2 aromatic rings. The summed E-state index contributed by atoms with van der Waals surface area (Å²) in [6.45, 7) is 0.307. The van der Waals surface area contributed by atoms with Crippen LogP contribution in [0.15, 0.2) is 47.4 Å². The number of halogens is 1. The lowest BCUT2D eigenvalue weighted by molar-refractivity contribution is 0.0951. The van der Waals surface area contributed by atoms with E-state index in [0.29, 0.717) is 6.54 Å². The molecule has 0 atom stereocenters. The average Bonchev–Trinajstić information content (AvgIpc) is 2.60. The molecule has 0 aliphatic rings. The van der Waals surface area contributed by atoms with Gasteiger partial charge in [-0.15, -0.1) is 0 Å². The summed E-state index contributed by atoms with van der Waals surface area (Å²) in [6, 6.07) is 11.8. The van der Waals surface area contributed by atoms with E-state index in [0.717, 1.165) is 15.6 Å². The zero-order valence-corrected chi connectivity index (χ0v) is 16.7. The van der Waals surface area contributed by atoms with Crippen LogP contribution in [0.5, 0.6) is 0 Å². The van der Waals surface area contributed by atoms with Gasteiger partial charge in [0.1, 0.15) is 0 Å². The average molecular weight is 396 g/mol. The summed E-state index contributed by atoms with van der Waals surface area (Å²) in [5, 5.41) is 2.98. The van der Waals surface area contributed by atoms with Gasteiger partial charge >= 0.3 is 0 Å². The van der Waals surface area contributed by atoms with Crippen molar-refractivity contribution in [3.05, 3.63) is 58.6 Å². The van der Waals surface area contributed by atoms with Gasteiger partial charge in [-0.25, -0.2) is 12.7 Å². The van der Waals surface area contributed by atoms with Crippen LogP contribution in [0, 0.1) is 0 Å². The van der Waals surface area contributed by atoms with Crippen LogP contribution in [0.25, 0.3) is 0 Å². The highest BCUT2D eigenvalue weighted by molar-refractivity contribution is 7.89. The molecule has 1 N–H and O–H groups in total. The summed E-state index contributed by atoms with van der Waals surface area (Å²) < 4.78 is 25.6. The van der Waals surface area contributed by atoms with Crippen molar-refractivity contribution in [2.24, 2.45) is 0 Å². The van der Waals surface area contributed by atoms with E-state index in [1.807, 2.05) is 43.3 Å². The molecule has 140 valence electrons. The smallest absolute Gasteiger partial charge is 0.253 e. The lowest BCUT2D eigenvalue weighted by atomic mass is 10.1. The van der Waals surface area contributed by atoms with Crippen LogP contribution in [0.1, 0.15) is 15.9 Å². The van der Waals surface area contributed by atoms with Crippen LogP contribution in [-0.2, 0) is 16.6 Å². The van der Waals surface area contributed by atoms with E-state index < -0.39 is 15.9 Å². The van der Waals surface area contributed by atoms with Crippen molar-refractivity contribution in [3.8, 4) is 0 Å². The van der Waals surface area contributed by atoms with Gasteiger partial charge in [-0.05, 0) is 35.9 Å². The van der Waals surface area contributed by atoms with Gasteiger partial charge in [0.05, 0.1) is 15.5 Å². The molecule has 1 amide bonds. The third-order valence-corrected chi connectivity index (χ3v) is 5.98. The zero-order valence-electron chi connectivity index (χ0n) is 15.2. The molecule has 0 heterocycles. The van der Waals surface area contributed by atoms with Crippen molar-refractivity contribution in [1.29, 1.82) is 0 Å². The third-order valence-electron chi connectivity index (χ3n) is 3.84.